The van der Waals surface area contributed by atoms with Crippen LogP contribution in [0.4, 0.5) is 0 Å². The molecule has 3 aromatic rings. The zero-order valence-electron chi connectivity index (χ0n) is 18.2. The molecular weight excluding hydrogens is 404 g/mol. The summed E-state index contributed by atoms with van der Waals surface area (Å²) in [6.45, 7) is 5.70. The molecule has 0 aliphatic heterocycles. The molecule has 1 aliphatic rings. The number of amides is 1. The van der Waals surface area contributed by atoms with Gasteiger partial charge in [-0.2, -0.15) is 0 Å². The topological polar surface area (TPSA) is 114 Å². The summed E-state index contributed by atoms with van der Waals surface area (Å²) >= 11 is 0. The molecule has 0 saturated carbocycles. The van der Waals surface area contributed by atoms with Crippen molar-refractivity contribution in [1.82, 2.24) is 25.3 Å². The number of benzene rings is 1. The molecule has 2 N–H and O–H groups in total. The van der Waals surface area contributed by atoms with E-state index in [4.69, 9.17) is 10.1 Å². The Kier molecular flexibility index (Phi) is 5.77. The molecule has 1 unspecified atom stereocenters. The van der Waals surface area contributed by atoms with Gasteiger partial charge in [0.2, 0.25) is 0 Å². The van der Waals surface area contributed by atoms with Gasteiger partial charge in [0.15, 0.2) is 0 Å². The molecule has 0 fully saturated rings. The summed E-state index contributed by atoms with van der Waals surface area (Å²) in [5, 5.41) is 10.8. The van der Waals surface area contributed by atoms with Crippen LogP contribution in [0.5, 0.6) is 11.8 Å². The lowest BCUT2D eigenvalue weighted by Gasteiger charge is -2.35. The van der Waals surface area contributed by atoms with Gasteiger partial charge in [-0.15, -0.1) is 0 Å². The van der Waals surface area contributed by atoms with Gasteiger partial charge in [-0.05, 0) is 55.7 Å². The van der Waals surface area contributed by atoms with Crippen LogP contribution < -0.4 is 10.1 Å². The Bertz CT molecular complexity index is 1180. The second-order valence-electron chi connectivity index (χ2n) is 8.02. The van der Waals surface area contributed by atoms with Crippen LogP contribution in [0.1, 0.15) is 53.6 Å². The van der Waals surface area contributed by atoms with Gasteiger partial charge in [0.1, 0.15) is 11.6 Å². The third kappa shape index (κ3) is 4.39. The van der Waals surface area contributed by atoms with Crippen molar-refractivity contribution in [2.75, 3.05) is 0 Å². The predicted octanol–water partition coefficient (Wildman–Crippen LogP) is 4.30. The van der Waals surface area contributed by atoms with Crippen molar-refractivity contribution in [3.8, 4) is 11.8 Å². The Hall–Kier alpha value is -3.94. The smallest absolute Gasteiger partial charge is 0.321 e. The van der Waals surface area contributed by atoms with Crippen molar-refractivity contribution in [1.29, 1.82) is 5.41 Å². The number of carbonyl (C=O) groups excluding carboxylic acids is 1. The number of nitrogens with zero attached hydrogens (tertiary/aromatic N) is 4. The molecule has 2 aromatic heterocycles. The van der Waals surface area contributed by atoms with Gasteiger partial charge in [0, 0.05) is 47.5 Å². The minimum Gasteiger partial charge on any atom is -0.424 e. The van der Waals surface area contributed by atoms with Crippen LogP contribution in [0.25, 0.3) is 5.57 Å². The van der Waals surface area contributed by atoms with Gasteiger partial charge in [-0.1, -0.05) is 13.0 Å². The first kappa shape index (κ1) is 21.3. The van der Waals surface area contributed by atoms with Gasteiger partial charge >= 0.3 is 6.01 Å². The van der Waals surface area contributed by atoms with Gasteiger partial charge in [-0.25, -0.2) is 19.9 Å². The van der Waals surface area contributed by atoms with Crippen LogP contribution in [0.3, 0.4) is 0 Å². The largest absolute Gasteiger partial charge is 0.424 e. The quantitative estimate of drug-likeness (QED) is 0.542. The minimum absolute atomic E-state index is 0.193. The summed E-state index contributed by atoms with van der Waals surface area (Å²) in [7, 11) is 0. The van der Waals surface area contributed by atoms with E-state index in [0.717, 1.165) is 23.1 Å². The third-order valence-corrected chi connectivity index (χ3v) is 5.54. The number of aryl methyl sites for hydroxylation is 1. The van der Waals surface area contributed by atoms with E-state index < -0.39 is 0 Å². The van der Waals surface area contributed by atoms with E-state index in [9.17, 15) is 4.79 Å². The van der Waals surface area contributed by atoms with Crippen LogP contribution in [0.2, 0.25) is 0 Å². The summed E-state index contributed by atoms with van der Waals surface area (Å²) in [4.78, 5) is 29.7. The Morgan fingerprint density at radius 2 is 1.91 bits per heavy atom. The lowest BCUT2D eigenvalue weighted by atomic mass is 9.68. The molecule has 32 heavy (non-hydrogen) atoms. The Balaban J connectivity index is 1.64. The number of aromatic nitrogens is 4. The van der Waals surface area contributed by atoms with Crippen LogP contribution in [0, 0.1) is 17.7 Å². The van der Waals surface area contributed by atoms with Crippen molar-refractivity contribution in [3.05, 3.63) is 77.6 Å². The molecule has 2 atom stereocenters. The SMILES string of the molecule is Cc1ncc([C@@H](C)NC(=O)c2cc(Oc3ncccn3)cc(C3=CCC3(C)C=N)c2)cn1. The van der Waals surface area contributed by atoms with E-state index in [1.54, 1.807) is 36.9 Å². The molecule has 0 bridgehead atoms. The molecule has 8 heteroatoms. The van der Waals surface area contributed by atoms with Gasteiger partial charge in [-0.3, -0.25) is 4.79 Å². The molecule has 1 aliphatic carbocycles. The number of carbonyl (C=O) groups is 1. The number of allylic oxidation sites excluding steroid dienone is 2. The van der Waals surface area contributed by atoms with Gasteiger partial charge in [0.25, 0.3) is 5.91 Å². The van der Waals surface area contributed by atoms with E-state index in [0.29, 0.717) is 17.1 Å². The van der Waals surface area contributed by atoms with Gasteiger partial charge < -0.3 is 15.5 Å². The summed E-state index contributed by atoms with van der Waals surface area (Å²) < 4.78 is 5.83. The molecule has 8 nitrogen and oxygen atoms in total. The number of rotatable bonds is 7. The lowest BCUT2D eigenvalue weighted by molar-refractivity contribution is 0.0939. The monoisotopic (exact) mass is 428 g/mol. The fourth-order valence-electron chi connectivity index (χ4n) is 3.49. The summed E-state index contributed by atoms with van der Waals surface area (Å²) in [6, 6.07) is 6.94. The molecule has 2 heterocycles. The van der Waals surface area contributed by atoms with Crippen molar-refractivity contribution in [3.63, 3.8) is 0 Å². The second kappa shape index (κ2) is 8.66. The average molecular weight is 428 g/mol. The second-order valence-corrected chi connectivity index (χ2v) is 8.02. The van der Waals surface area contributed by atoms with Crippen molar-refractivity contribution in [2.45, 2.75) is 33.2 Å². The van der Waals surface area contributed by atoms with Crippen molar-refractivity contribution >= 4 is 17.7 Å². The zero-order valence-corrected chi connectivity index (χ0v) is 18.2. The highest BCUT2D eigenvalue weighted by atomic mass is 16.5. The fourth-order valence-corrected chi connectivity index (χ4v) is 3.49. The summed E-state index contributed by atoms with van der Waals surface area (Å²) in [5.41, 5.74) is 2.70. The molecule has 1 amide bonds. The Labute approximate surface area is 186 Å². The number of hydrogen-bond acceptors (Lipinski definition) is 7. The first-order chi connectivity index (χ1) is 15.4. The number of ether oxygens (including phenoxy) is 1. The summed E-state index contributed by atoms with van der Waals surface area (Å²) in [5.74, 6) is 0.869. The highest BCUT2D eigenvalue weighted by Crippen LogP contribution is 2.46. The Morgan fingerprint density at radius 1 is 1.19 bits per heavy atom. The molecule has 4 rings (SSSR count). The van der Waals surface area contributed by atoms with E-state index in [1.165, 1.54) is 6.21 Å². The van der Waals surface area contributed by atoms with E-state index in [-0.39, 0.29) is 23.4 Å². The first-order valence-electron chi connectivity index (χ1n) is 10.3. The summed E-state index contributed by atoms with van der Waals surface area (Å²) in [6.07, 6.45) is 10.9. The molecule has 1 aromatic carbocycles. The van der Waals surface area contributed by atoms with Crippen LogP contribution in [-0.2, 0) is 0 Å². The maximum absolute atomic E-state index is 13.1. The van der Waals surface area contributed by atoms with Crippen LogP contribution >= 0.6 is 0 Å². The van der Waals surface area contributed by atoms with Crippen molar-refractivity contribution < 1.29 is 9.53 Å². The maximum atomic E-state index is 13.1. The standard InChI is InChI=1S/C24H24N6O2/c1-15(19-12-28-16(2)29-13-19)30-22(31)18-9-17(21-5-6-24(21,3)14-25)10-20(11-18)32-23-26-7-4-8-27-23/h4-5,7-15,25H,6H2,1-3H3,(H,30,31)/t15-,24?/m1/s1. The van der Waals surface area contributed by atoms with Crippen LogP contribution in [0.15, 0.2) is 55.1 Å². The first-order valence-corrected chi connectivity index (χ1v) is 10.3. The highest BCUT2D eigenvalue weighted by molar-refractivity contribution is 5.97. The number of nitrogens with one attached hydrogen (secondary N) is 2. The molecule has 0 radical (unpaired) electrons. The molecule has 0 spiro atoms. The molecule has 162 valence electrons. The third-order valence-electron chi connectivity index (χ3n) is 5.54. The minimum atomic E-state index is -0.359. The normalized spacial score (nSPS) is 18.2. The highest BCUT2D eigenvalue weighted by Gasteiger charge is 2.34. The fraction of sp³-hybridized carbons (Fsp3) is 0.250. The lowest BCUT2D eigenvalue weighted by Crippen LogP contribution is -2.28. The number of hydrogen-bond donors (Lipinski definition) is 2. The van der Waals surface area contributed by atoms with E-state index in [1.807, 2.05) is 32.9 Å². The molecular formula is C24H24N6O2. The van der Waals surface area contributed by atoms with E-state index in [2.05, 4.69) is 31.3 Å². The van der Waals surface area contributed by atoms with E-state index >= 15 is 0 Å². The average Bonchev–Trinajstić information content (AvgIpc) is 2.78. The predicted molar refractivity (Wildman–Crippen MR) is 121 cm³/mol. The van der Waals surface area contributed by atoms with Crippen molar-refractivity contribution in [2.24, 2.45) is 5.41 Å². The van der Waals surface area contributed by atoms with Gasteiger partial charge in [0.05, 0.1) is 6.04 Å². The Morgan fingerprint density at radius 3 is 2.53 bits per heavy atom. The van der Waals surface area contributed by atoms with Crippen LogP contribution in [-0.4, -0.2) is 32.1 Å². The molecule has 0 saturated heterocycles. The maximum Gasteiger partial charge on any atom is 0.321 e. The zero-order chi connectivity index (χ0) is 22.7.